The van der Waals surface area contributed by atoms with Crippen molar-refractivity contribution in [3.63, 3.8) is 0 Å². The van der Waals surface area contributed by atoms with E-state index in [2.05, 4.69) is 71.6 Å². The third-order valence-electron chi connectivity index (χ3n) is 8.96. The number of rotatable bonds is 14. The van der Waals surface area contributed by atoms with E-state index in [1.807, 2.05) is 67.1 Å². The van der Waals surface area contributed by atoms with Crippen molar-refractivity contribution in [1.29, 1.82) is 0 Å². The van der Waals surface area contributed by atoms with Crippen molar-refractivity contribution in [2.45, 2.75) is 56.5 Å². The van der Waals surface area contributed by atoms with Gasteiger partial charge in [0.2, 0.25) is 0 Å². The van der Waals surface area contributed by atoms with Crippen LogP contribution in [0.5, 0.6) is 5.75 Å². The summed E-state index contributed by atoms with van der Waals surface area (Å²) < 4.78 is 10.2. The molecule has 0 saturated carbocycles. The summed E-state index contributed by atoms with van der Waals surface area (Å²) in [6, 6.07) is 20.8. The average Bonchev–Trinajstić information content (AvgIpc) is 3.81. The van der Waals surface area contributed by atoms with Crippen LogP contribution in [0.4, 0.5) is 0 Å². The predicted molar refractivity (Wildman–Crippen MR) is 181 cm³/mol. The molecule has 236 valence electrons. The molecular weight excluding hydrogens is 565 g/mol. The smallest absolute Gasteiger partial charge is 0.119 e. The Morgan fingerprint density at radius 3 is 1.68 bits per heavy atom. The van der Waals surface area contributed by atoms with Crippen LogP contribution in [0.2, 0.25) is 0 Å². The van der Waals surface area contributed by atoms with E-state index < -0.39 is 0 Å². The minimum atomic E-state index is 0.781. The van der Waals surface area contributed by atoms with Crippen molar-refractivity contribution in [3.8, 4) is 5.75 Å². The molecule has 0 N–H and O–H groups in total. The number of aryl methyl sites for hydroxylation is 2. The van der Waals surface area contributed by atoms with Gasteiger partial charge in [0.1, 0.15) is 12.4 Å². The zero-order valence-electron chi connectivity index (χ0n) is 26.2. The highest BCUT2D eigenvalue weighted by Gasteiger charge is 2.20. The zero-order chi connectivity index (χ0) is 30.1. The molecule has 2 saturated heterocycles. The molecule has 0 spiro atoms. The fraction of sp³-hybridized carbons (Fsp3) is 0.500. The van der Waals surface area contributed by atoms with E-state index in [0.29, 0.717) is 0 Å². The second-order valence-corrected chi connectivity index (χ2v) is 13.2. The van der Waals surface area contributed by atoms with Gasteiger partial charge in [0, 0.05) is 61.6 Å². The van der Waals surface area contributed by atoms with Crippen molar-refractivity contribution in [2.75, 3.05) is 51.6 Å². The van der Waals surface area contributed by atoms with Gasteiger partial charge in [0.15, 0.2) is 0 Å². The number of nitrogens with zero attached hydrogens (tertiary/aromatic N) is 6. The molecule has 2 aromatic carbocycles. The van der Waals surface area contributed by atoms with Gasteiger partial charge in [-0.25, -0.2) is 9.97 Å². The van der Waals surface area contributed by atoms with E-state index in [1.165, 1.54) is 81.9 Å². The monoisotopic (exact) mass is 614 g/mol. The fourth-order valence-corrected chi connectivity index (χ4v) is 7.05. The number of aromatic nitrogens is 4. The molecule has 2 aliphatic heterocycles. The van der Waals surface area contributed by atoms with E-state index in [4.69, 9.17) is 4.74 Å². The molecule has 8 heteroatoms. The lowest BCUT2D eigenvalue weighted by molar-refractivity contribution is 0.149. The Bertz CT molecular complexity index is 1140. The molecule has 0 amide bonds. The first kappa shape index (κ1) is 32.3. The van der Waals surface area contributed by atoms with E-state index in [1.54, 1.807) is 0 Å². The van der Waals surface area contributed by atoms with Gasteiger partial charge in [0.25, 0.3) is 0 Å². The zero-order valence-corrected chi connectivity index (χ0v) is 27.0. The number of benzene rings is 2. The summed E-state index contributed by atoms with van der Waals surface area (Å²) in [5.41, 5.74) is 0. The van der Waals surface area contributed by atoms with Gasteiger partial charge >= 0.3 is 0 Å². The molecular formula is C36H50N6OS. The van der Waals surface area contributed by atoms with Gasteiger partial charge in [-0.2, -0.15) is 0 Å². The standard InChI is InChI=1S/C18H25N3O.C18H25N3S/c2*1-2-4-18(5-3-1)22-15-14-20-10-6-17(7-11-20)8-12-21-13-9-19-16-21/h2*1-5,9,13,16-17H,6-8,10-12,14-15H2. The van der Waals surface area contributed by atoms with Gasteiger partial charge in [-0.05, 0) is 101 Å². The summed E-state index contributed by atoms with van der Waals surface area (Å²) in [7, 11) is 0. The van der Waals surface area contributed by atoms with Crippen LogP contribution in [0, 0.1) is 11.8 Å². The first-order valence-electron chi connectivity index (χ1n) is 16.5. The minimum absolute atomic E-state index is 0.781. The first-order valence-corrected chi connectivity index (χ1v) is 17.5. The molecule has 2 aromatic heterocycles. The summed E-state index contributed by atoms with van der Waals surface area (Å²) in [4.78, 5) is 14.7. The quantitative estimate of drug-likeness (QED) is 0.145. The second kappa shape index (κ2) is 18.7. The average molecular weight is 615 g/mol. The highest BCUT2D eigenvalue weighted by Crippen LogP contribution is 2.23. The van der Waals surface area contributed by atoms with Crippen molar-refractivity contribution >= 4 is 11.8 Å². The number of hydrogen-bond acceptors (Lipinski definition) is 6. The van der Waals surface area contributed by atoms with Gasteiger partial charge in [0.05, 0.1) is 12.7 Å². The molecule has 7 nitrogen and oxygen atoms in total. The Kier molecular flexibility index (Phi) is 13.7. The number of piperidine rings is 2. The van der Waals surface area contributed by atoms with Crippen LogP contribution in [0.25, 0.3) is 0 Å². The lowest BCUT2D eigenvalue weighted by Gasteiger charge is -2.31. The molecule has 0 bridgehead atoms. The number of likely N-dealkylation sites (tertiary alicyclic amines) is 2. The fourth-order valence-electron chi connectivity index (χ4n) is 6.12. The van der Waals surface area contributed by atoms with Crippen LogP contribution in [-0.2, 0) is 13.1 Å². The summed E-state index contributed by atoms with van der Waals surface area (Å²) in [5.74, 6) is 3.91. The summed E-state index contributed by atoms with van der Waals surface area (Å²) in [6.07, 6.45) is 19.6. The minimum Gasteiger partial charge on any atom is -0.492 e. The Labute approximate surface area is 268 Å². The highest BCUT2D eigenvalue weighted by molar-refractivity contribution is 7.99. The highest BCUT2D eigenvalue weighted by atomic mass is 32.2. The Balaban J connectivity index is 0.000000175. The van der Waals surface area contributed by atoms with Crippen molar-refractivity contribution in [1.82, 2.24) is 28.9 Å². The first-order chi connectivity index (χ1) is 21.8. The number of imidazole rings is 2. The number of hydrogen-bond donors (Lipinski definition) is 0. The molecule has 2 fully saturated rings. The van der Waals surface area contributed by atoms with E-state index >= 15 is 0 Å². The predicted octanol–water partition coefficient (Wildman–Crippen LogP) is 6.84. The molecule has 0 atom stereocenters. The number of para-hydroxylation sites is 1. The molecule has 6 rings (SSSR count). The van der Waals surface area contributed by atoms with Crippen LogP contribution < -0.4 is 4.74 Å². The largest absolute Gasteiger partial charge is 0.492 e. The Hall–Kier alpha value is -3.07. The molecule has 0 aliphatic carbocycles. The lowest BCUT2D eigenvalue weighted by Crippen LogP contribution is -2.36. The normalized spacial score (nSPS) is 16.8. The van der Waals surface area contributed by atoms with E-state index in [9.17, 15) is 0 Å². The number of ether oxygens (including phenoxy) is 1. The summed E-state index contributed by atoms with van der Waals surface area (Å²) >= 11 is 1.97. The maximum atomic E-state index is 5.78. The van der Waals surface area contributed by atoms with Crippen LogP contribution in [0.3, 0.4) is 0 Å². The van der Waals surface area contributed by atoms with E-state index in [0.717, 1.165) is 43.8 Å². The third kappa shape index (κ3) is 11.8. The Morgan fingerprint density at radius 2 is 1.16 bits per heavy atom. The maximum Gasteiger partial charge on any atom is 0.119 e. The molecule has 2 aliphatic rings. The van der Waals surface area contributed by atoms with Crippen molar-refractivity contribution in [3.05, 3.63) is 98.1 Å². The van der Waals surface area contributed by atoms with Gasteiger partial charge in [-0.3, -0.25) is 4.90 Å². The third-order valence-corrected chi connectivity index (χ3v) is 9.95. The maximum absolute atomic E-state index is 5.78. The van der Waals surface area contributed by atoms with Gasteiger partial charge in [-0.1, -0.05) is 36.4 Å². The lowest BCUT2D eigenvalue weighted by atomic mass is 9.93. The van der Waals surface area contributed by atoms with Crippen LogP contribution >= 0.6 is 11.8 Å². The SMILES string of the molecule is c1ccc(OCCN2CCC(CCn3ccnc3)CC2)cc1.c1ccc(SCCN2CCC(CCn3ccnc3)CC2)cc1. The topological polar surface area (TPSA) is 51.4 Å². The van der Waals surface area contributed by atoms with Gasteiger partial charge in [-0.15, -0.1) is 11.8 Å². The number of thioether (sulfide) groups is 1. The van der Waals surface area contributed by atoms with E-state index in [-0.39, 0.29) is 0 Å². The Morgan fingerprint density at radius 1 is 0.636 bits per heavy atom. The van der Waals surface area contributed by atoms with Crippen LogP contribution in [0.15, 0.2) is 103 Å². The van der Waals surface area contributed by atoms with Crippen LogP contribution in [0.1, 0.15) is 38.5 Å². The van der Waals surface area contributed by atoms with Crippen molar-refractivity contribution in [2.24, 2.45) is 11.8 Å². The summed E-state index contributed by atoms with van der Waals surface area (Å²) in [6.45, 7) is 10.2. The molecule has 0 radical (unpaired) electrons. The molecule has 4 heterocycles. The molecule has 44 heavy (non-hydrogen) atoms. The summed E-state index contributed by atoms with van der Waals surface area (Å²) in [5, 5.41) is 0. The molecule has 4 aromatic rings. The molecule has 0 unspecified atom stereocenters. The van der Waals surface area contributed by atoms with Gasteiger partial charge < -0.3 is 18.8 Å². The second-order valence-electron chi connectivity index (χ2n) is 12.1. The van der Waals surface area contributed by atoms with Crippen LogP contribution in [-0.4, -0.2) is 80.5 Å². The van der Waals surface area contributed by atoms with Crippen molar-refractivity contribution < 1.29 is 4.74 Å².